The van der Waals surface area contributed by atoms with Crippen LogP contribution in [0.2, 0.25) is 0 Å². The van der Waals surface area contributed by atoms with E-state index in [0.717, 1.165) is 5.56 Å². The maximum atomic E-state index is 12.2. The predicted molar refractivity (Wildman–Crippen MR) is 155 cm³/mol. The molecule has 0 unspecified atom stereocenters. The zero-order chi connectivity index (χ0) is 28.5. The van der Waals surface area contributed by atoms with Crippen LogP contribution >= 0.6 is 0 Å². The smallest absolute Gasteiger partial charge is 0.407 e. The van der Waals surface area contributed by atoms with E-state index >= 15 is 0 Å². The molecule has 1 aliphatic rings. The van der Waals surface area contributed by atoms with Gasteiger partial charge in [0, 0.05) is 25.6 Å². The molecule has 0 aromatic heterocycles. The number of alkyl carbamates (subject to hydrolysis) is 2. The van der Waals surface area contributed by atoms with Crippen LogP contribution in [0.3, 0.4) is 0 Å². The maximum Gasteiger partial charge on any atom is 0.407 e. The van der Waals surface area contributed by atoms with Gasteiger partial charge in [-0.25, -0.2) is 9.59 Å². The molecule has 0 atom stereocenters. The van der Waals surface area contributed by atoms with Gasteiger partial charge in [0.1, 0.15) is 13.2 Å². The van der Waals surface area contributed by atoms with Gasteiger partial charge in [-0.15, -0.1) is 0 Å². The third-order valence-electron chi connectivity index (χ3n) is 6.55. The Morgan fingerprint density at radius 1 is 0.585 bits per heavy atom. The first-order valence-electron chi connectivity index (χ1n) is 14.0. The average Bonchev–Trinajstić information content (AvgIpc) is 3.33. The molecule has 0 radical (unpaired) electrons. The third-order valence-corrected chi connectivity index (χ3v) is 6.55. The number of carbonyl (C=O) groups is 2. The third kappa shape index (κ3) is 9.89. The molecule has 3 aromatic rings. The second kappa shape index (κ2) is 17.0. The number of ether oxygens (including phenoxy) is 5. The summed E-state index contributed by atoms with van der Waals surface area (Å²) < 4.78 is 27.1. The molecule has 4 rings (SSSR count). The second-order valence-corrected chi connectivity index (χ2v) is 9.43. The van der Waals surface area contributed by atoms with E-state index in [-0.39, 0.29) is 12.5 Å². The molecule has 1 aliphatic carbocycles. The number of rotatable bonds is 17. The van der Waals surface area contributed by atoms with Gasteiger partial charge in [0.15, 0.2) is 0 Å². The van der Waals surface area contributed by atoms with Gasteiger partial charge in [-0.1, -0.05) is 78.9 Å². The van der Waals surface area contributed by atoms with E-state index in [9.17, 15) is 9.59 Å². The minimum absolute atomic E-state index is 0.0486. The lowest BCUT2D eigenvalue weighted by Gasteiger charge is -2.14. The first kappa shape index (κ1) is 30.0. The molecule has 41 heavy (non-hydrogen) atoms. The highest BCUT2D eigenvalue weighted by Crippen LogP contribution is 2.44. The van der Waals surface area contributed by atoms with Gasteiger partial charge < -0.3 is 34.3 Å². The van der Waals surface area contributed by atoms with Crippen molar-refractivity contribution >= 4 is 12.2 Å². The fraction of sp³-hybridized carbons (Fsp3) is 0.375. The van der Waals surface area contributed by atoms with Crippen LogP contribution in [0.5, 0.6) is 0 Å². The average molecular weight is 563 g/mol. The van der Waals surface area contributed by atoms with E-state index in [1.165, 1.54) is 22.3 Å². The zero-order valence-corrected chi connectivity index (χ0v) is 23.2. The molecule has 0 saturated carbocycles. The molecule has 0 saturated heterocycles. The summed E-state index contributed by atoms with van der Waals surface area (Å²) in [5.74, 6) is 0.0486. The maximum absolute atomic E-state index is 12.2. The SMILES string of the molecule is O=C(NCCOCCOCCOCCCNC(=O)OCC1c2ccccc2-c2ccccc21)OCc1ccccc1. The van der Waals surface area contributed by atoms with Gasteiger partial charge in [0.05, 0.1) is 33.0 Å². The van der Waals surface area contributed by atoms with Crippen molar-refractivity contribution < 1.29 is 33.3 Å². The van der Waals surface area contributed by atoms with Crippen molar-refractivity contribution in [1.82, 2.24) is 10.6 Å². The molecule has 9 heteroatoms. The minimum Gasteiger partial charge on any atom is -0.449 e. The van der Waals surface area contributed by atoms with E-state index in [4.69, 9.17) is 23.7 Å². The van der Waals surface area contributed by atoms with Gasteiger partial charge in [-0.2, -0.15) is 0 Å². The van der Waals surface area contributed by atoms with Gasteiger partial charge in [0.2, 0.25) is 0 Å². The number of nitrogens with one attached hydrogen (secondary N) is 2. The zero-order valence-electron chi connectivity index (χ0n) is 23.2. The minimum atomic E-state index is -0.473. The van der Waals surface area contributed by atoms with Crippen molar-refractivity contribution in [3.63, 3.8) is 0 Å². The molecule has 3 aromatic carbocycles. The van der Waals surface area contributed by atoms with E-state index < -0.39 is 12.2 Å². The molecule has 218 valence electrons. The van der Waals surface area contributed by atoms with Gasteiger partial charge >= 0.3 is 12.2 Å². The molecule has 0 heterocycles. The number of hydrogen-bond donors (Lipinski definition) is 2. The number of benzene rings is 3. The van der Waals surface area contributed by atoms with Gasteiger partial charge in [-0.05, 0) is 34.2 Å². The lowest BCUT2D eigenvalue weighted by Crippen LogP contribution is -2.28. The van der Waals surface area contributed by atoms with E-state index in [2.05, 4.69) is 34.9 Å². The topological polar surface area (TPSA) is 104 Å². The van der Waals surface area contributed by atoms with Crippen LogP contribution in [0.15, 0.2) is 78.9 Å². The summed E-state index contributed by atoms with van der Waals surface area (Å²) in [5, 5.41) is 5.43. The van der Waals surface area contributed by atoms with Crippen LogP contribution in [0.25, 0.3) is 11.1 Å². The Bertz CT molecular complexity index is 1180. The standard InChI is InChI=1S/C32H38N2O7/c35-31(41-24-30-28-13-6-4-11-26(28)27-12-5-7-14-29(27)30)33-15-8-17-37-19-21-39-22-20-38-18-16-34-32(36)40-23-25-9-2-1-3-10-25/h1-7,9-14,30H,8,15-24H2,(H,33,35)(H,34,36). The summed E-state index contributed by atoms with van der Waals surface area (Å²) in [6.45, 7) is 4.02. The summed E-state index contributed by atoms with van der Waals surface area (Å²) >= 11 is 0. The summed E-state index contributed by atoms with van der Waals surface area (Å²) in [6, 6.07) is 26.0. The molecule has 0 aliphatic heterocycles. The Kier molecular flexibility index (Phi) is 12.5. The fourth-order valence-corrected chi connectivity index (χ4v) is 4.56. The Morgan fingerprint density at radius 3 is 1.80 bits per heavy atom. The van der Waals surface area contributed by atoms with Crippen molar-refractivity contribution in [3.8, 4) is 11.1 Å². The van der Waals surface area contributed by atoms with E-state index in [1.807, 2.05) is 54.6 Å². The normalized spacial score (nSPS) is 11.9. The van der Waals surface area contributed by atoms with Crippen molar-refractivity contribution in [2.24, 2.45) is 0 Å². The van der Waals surface area contributed by atoms with Gasteiger partial charge in [0.25, 0.3) is 0 Å². The summed E-state index contributed by atoms with van der Waals surface area (Å²) in [7, 11) is 0. The molecule has 0 bridgehead atoms. The second-order valence-electron chi connectivity index (χ2n) is 9.43. The summed E-state index contributed by atoms with van der Waals surface area (Å²) in [4.78, 5) is 23.9. The predicted octanol–water partition coefficient (Wildman–Crippen LogP) is 4.89. The van der Waals surface area contributed by atoms with Crippen LogP contribution in [-0.2, 0) is 30.3 Å². The molecule has 2 N–H and O–H groups in total. The molecular formula is C32H38N2O7. The highest BCUT2D eigenvalue weighted by molar-refractivity contribution is 5.79. The fourth-order valence-electron chi connectivity index (χ4n) is 4.56. The van der Waals surface area contributed by atoms with E-state index in [0.29, 0.717) is 65.8 Å². The molecule has 0 spiro atoms. The Morgan fingerprint density at radius 2 is 1.12 bits per heavy atom. The molecular weight excluding hydrogens is 524 g/mol. The number of fused-ring (bicyclic) bond motifs is 3. The van der Waals surface area contributed by atoms with Crippen molar-refractivity contribution in [2.45, 2.75) is 18.9 Å². The Balaban J connectivity index is 0.929. The largest absolute Gasteiger partial charge is 0.449 e. The number of amides is 2. The quantitative estimate of drug-likeness (QED) is 0.226. The van der Waals surface area contributed by atoms with Gasteiger partial charge in [-0.3, -0.25) is 0 Å². The molecule has 9 nitrogen and oxygen atoms in total. The van der Waals surface area contributed by atoms with Crippen LogP contribution in [0.4, 0.5) is 9.59 Å². The highest BCUT2D eigenvalue weighted by Gasteiger charge is 2.28. The van der Waals surface area contributed by atoms with Crippen LogP contribution in [0.1, 0.15) is 29.0 Å². The van der Waals surface area contributed by atoms with Crippen molar-refractivity contribution in [2.75, 3.05) is 59.3 Å². The first-order chi connectivity index (χ1) is 20.2. The Labute approximate surface area is 241 Å². The van der Waals surface area contributed by atoms with E-state index in [1.54, 1.807) is 0 Å². The Hall–Kier alpha value is -3.92. The van der Waals surface area contributed by atoms with Crippen molar-refractivity contribution in [1.29, 1.82) is 0 Å². The van der Waals surface area contributed by atoms with Crippen molar-refractivity contribution in [3.05, 3.63) is 95.6 Å². The van der Waals surface area contributed by atoms with Crippen LogP contribution in [0, 0.1) is 0 Å². The molecule has 0 fully saturated rings. The number of carbonyl (C=O) groups excluding carboxylic acids is 2. The lowest BCUT2D eigenvalue weighted by atomic mass is 9.98. The first-order valence-corrected chi connectivity index (χ1v) is 14.0. The number of hydrogen-bond acceptors (Lipinski definition) is 7. The lowest BCUT2D eigenvalue weighted by molar-refractivity contribution is 0.0146. The van der Waals surface area contributed by atoms with Crippen LogP contribution in [-0.4, -0.2) is 71.5 Å². The highest BCUT2D eigenvalue weighted by atomic mass is 16.6. The summed E-state index contributed by atoms with van der Waals surface area (Å²) in [6.07, 6.45) is -0.220. The monoisotopic (exact) mass is 562 g/mol. The van der Waals surface area contributed by atoms with Crippen LogP contribution < -0.4 is 10.6 Å². The molecule has 2 amide bonds. The summed E-state index contributed by atoms with van der Waals surface area (Å²) in [5.41, 5.74) is 5.73.